The van der Waals surface area contributed by atoms with Crippen molar-refractivity contribution in [3.05, 3.63) is 28.8 Å². The van der Waals surface area contributed by atoms with Crippen molar-refractivity contribution in [2.24, 2.45) is 0 Å². The lowest BCUT2D eigenvalue weighted by Gasteiger charge is -2.21. The number of nitrogens with one attached hydrogen (secondary N) is 1. The van der Waals surface area contributed by atoms with E-state index in [-0.39, 0.29) is 5.41 Å². The van der Waals surface area contributed by atoms with Crippen LogP contribution in [0.2, 0.25) is 0 Å². The monoisotopic (exact) mass is 323 g/mol. The lowest BCUT2D eigenvalue weighted by molar-refractivity contribution is 0.562. The van der Waals surface area contributed by atoms with Gasteiger partial charge in [0.25, 0.3) is 0 Å². The van der Waals surface area contributed by atoms with Gasteiger partial charge < -0.3 is 9.73 Å². The van der Waals surface area contributed by atoms with E-state index >= 15 is 0 Å². The summed E-state index contributed by atoms with van der Waals surface area (Å²) in [6.07, 6.45) is 3.29. The van der Waals surface area contributed by atoms with Gasteiger partial charge in [0.15, 0.2) is 5.82 Å². The summed E-state index contributed by atoms with van der Waals surface area (Å²) in [5.41, 5.74) is 1.80. The van der Waals surface area contributed by atoms with Crippen LogP contribution in [-0.4, -0.2) is 16.5 Å². The van der Waals surface area contributed by atoms with Crippen molar-refractivity contribution in [1.29, 1.82) is 0 Å². The summed E-state index contributed by atoms with van der Waals surface area (Å²) in [6, 6.07) is 1.87. The lowest BCUT2D eigenvalue weighted by Crippen LogP contribution is -2.17. The molecule has 0 aliphatic carbocycles. The molecule has 0 saturated carbocycles. The molecule has 0 aliphatic heterocycles. The number of nitrogens with zero attached hydrogens (tertiary/aromatic N) is 2. The van der Waals surface area contributed by atoms with Crippen LogP contribution in [0.3, 0.4) is 0 Å². The highest BCUT2D eigenvalue weighted by atomic mass is 79.9. The molecule has 2 heterocycles. The molecule has 0 atom stereocenters. The van der Waals surface area contributed by atoms with Crippen LogP contribution in [0.25, 0.3) is 11.4 Å². The van der Waals surface area contributed by atoms with E-state index in [2.05, 4.69) is 52.0 Å². The third-order valence-electron chi connectivity index (χ3n) is 2.69. The van der Waals surface area contributed by atoms with Gasteiger partial charge in [0.05, 0.1) is 22.0 Å². The molecule has 5 heteroatoms. The van der Waals surface area contributed by atoms with Crippen molar-refractivity contribution in [2.45, 2.75) is 33.1 Å². The highest BCUT2D eigenvalue weighted by Crippen LogP contribution is 2.34. The Labute approximate surface area is 121 Å². The molecule has 19 heavy (non-hydrogen) atoms. The Hall–Kier alpha value is -1.36. The van der Waals surface area contributed by atoms with E-state index in [4.69, 9.17) is 4.42 Å². The van der Waals surface area contributed by atoms with Gasteiger partial charge >= 0.3 is 0 Å². The third-order valence-corrected chi connectivity index (χ3v) is 3.44. The third kappa shape index (κ3) is 2.97. The fraction of sp³-hybridized carbons (Fsp3) is 0.429. The van der Waals surface area contributed by atoms with E-state index in [9.17, 15) is 0 Å². The minimum atomic E-state index is -0.0650. The zero-order valence-electron chi connectivity index (χ0n) is 11.6. The Balaban J connectivity index is 2.61. The Kier molecular flexibility index (Phi) is 3.94. The largest absolute Gasteiger partial charge is 0.472 e. The predicted octanol–water partition coefficient (Wildman–Crippen LogP) is 4.23. The lowest BCUT2D eigenvalue weighted by atomic mass is 9.91. The summed E-state index contributed by atoms with van der Waals surface area (Å²) in [7, 11) is 0. The maximum absolute atomic E-state index is 5.11. The van der Waals surface area contributed by atoms with E-state index < -0.39 is 0 Å². The molecule has 0 amide bonds. The number of furan rings is 1. The van der Waals surface area contributed by atoms with Crippen LogP contribution in [-0.2, 0) is 5.41 Å². The van der Waals surface area contributed by atoms with E-state index in [1.54, 1.807) is 12.5 Å². The van der Waals surface area contributed by atoms with Crippen LogP contribution in [0, 0.1) is 0 Å². The maximum Gasteiger partial charge on any atom is 0.165 e. The second kappa shape index (κ2) is 5.33. The van der Waals surface area contributed by atoms with Gasteiger partial charge in [-0.3, -0.25) is 0 Å². The van der Waals surface area contributed by atoms with Crippen LogP contribution in [0.4, 0.5) is 5.82 Å². The zero-order chi connectivity index (χ0) is 14.0. The Bertz CT molecular complexity index is 559. The van der Waals surface area contributed by atoms with E-state index in [0.29, 0.717) is 5.82 Å². The number of hydrogen-bond acceptors (Lipinski definition) is 4. The van der Waals surface area contributed by atoms with Gasteiger partial charge in [-0.15, -0.1) is 0 Å². The van der Waals surface area contributed by atoms with Crippen LogP contribution in [0.15, 0.2) is 27.5 Å². The summed E-state index contributed by atoms with van der Waals surface area (Å²) < 4.78 is 6.04. The first-order valence-corrected chi connectivity index (χ1v) is 7.07. The van der Waals surface area contributed by atoms with Crippen LogP contribution in [0.1, 0.15) is 33.4 Å². The van der Waals surface area contributed by atoms with Crippen LogP contribution < -0.4 is 5.32 Å². The van der Waals surface area contributed by atoms with Gasteiger partial charge in [-0.25, -0.2) is 9.97 Å². The molecule has 0 aliphatic rings. The topological polar surface area (TPSA) is 51.0 Å². The minimum absolute atomic E-state index is 0.0650. The molecule has 0 saturated heterocycles. The molecule has 2 aromatic rings. The van der Waals surface area contributed by atoms with Crippen LogP contribution >= 0.6 is 15.9 Å². The fourth-order valence-corrected chi connectivity index (χ4v) is 2.66. The maximum atomic E-state index is 5.11. The molecule has 0 fully saturated rings. The molecule has 2 rings (SSSR count). The molecule has 0 aromatic carbocycles. The Morgan fingerprint density at radius 2 is 2.05 bits per heavy atom. The average Bonchev–Trinajstić information content (AvgIpc) is 2.84. The second-order valence-electron chi connectivity index (χ2n) is 5.35. The first-order valence-electron chi connectivity index (χ1n) is 6.28. The summed E-state index contributed by atoms with van der Waals surface area (Å²) in [5.74, 6) is 1.50. The van der Waals surface area contributed by atoms with Gasteiger partial charge in [-0.05, 0) is 28.9 Å². The van der Waals surface area contributed by atoms with Crippen molar-refractivity contribution in [3.8, 4) is 11.4 Å². The normalized spacial score (nSPS) is 11.6. The quantitative estimate of drug-likeness (QED) is 0.918. The van der Waals surface area contributed by atoms with Gasteiger partial charge in [0, 0.05) is 12.0 Å². The van der Waals surface area contributed by atoms with Gasteiger partial charge in [-0.2, -0.15) is 0 Å². The number of rotatable bonds is 3. The standard InChI is InChI=1S/C14H18BrN3O/c1-5-16-13-10(15)11(14(2,3)4)17-12(18-13)9-6-7-19-8-9/h6-8H,5H2,1-4H3,(H,16,17,18). The van der Waals surface area contributed by atoms with Crippen molar-refractivity contribution in [3.63, 3.8) is 0 Å². The van der Waals surface area contributed by atoms with Gasteiger partial charge in [0.2, 0.25) is 0 Å². The molecule has 102 valence electrons. The van der Waals surface area contributed by atoms with E-state index in [1.165, 1.54) is 0 Å². The zero-order valence-corrected chi connectivity index (χ0v) is 13.2. The number of halogens is 1. The molecule has 0 unspecified atom stereocenters. The molecule has 2 aromatic heterocycles. The summed E-state index contributed by atoms with van der Waals surface area (Å²) in [4.78, 5) is 9.22. The second-order valence-corrected chi connectivity index (χ2v) is 6.14. The van der Waals surface area contributed by atoms with Crippen molar-refractivity contribution >= 4 is 21.7 Å². The first kappa shape index (κ1) is 14.1. The summed E-state index contributed by atoms with van der Waals surface area (Å²) >= 11 is 3.60. The molecule has 0 spiro atoms. The van der Waals surface area contributed by atoms with Crippen molar-refractivity contribution < 1.29 is 4.42 Å². The van der Waals surface area contributed by atoms with Crippen LogP contribution in [0.5, 0.6) is 0 Å². The highest BCUT2D eigenvalue weighted by Gasteiger charge is 2.23. The minimum Gasteiger partial charge on any atom is -0.472 e. The van der Waals surface area contributed by atoms with Gasteiger partial charge in [0.1, 0.15) is 12.1 Å². The fourth-order valence-electron chi connectivity index (χ4n) is 1.75. The summed E-state index contributed by atoms with van der Waals surface area (Å²) in [5, 5.41) is 3.26. The van der Waals surface area contributed by atoms with E-state index in [0.717, 1.165) is 28.1 Å². The number of anilines is 1. The number of hydrogen-bond donors (Lipinski definition) is 1. The summed E-state index contributed by atoms with van der Waals surface area (Å²) in [6.45, 7) is 9.26. The smallest absolute Gasteiger partial charge is 0.165 e. The number of aromatic nitrogens is 2. The van der Waals surface area contributed by atoms with E-state index in [1.807, 2.05) is 13.0 Å². The Morgan fingerprint density at radius 1 is 1.32 bits per heavy atom. The molecule has 1 N–H and O–H groups in total. The van der Waals surface area contributed by atoms with Crippen molar-refractivity contribution in [2.75, 3.05) is 11.9 Å². The SMILES string of the molecule is CCNc1nc(-c2ccoc2)nc(C(C)(C)C)c1Br. The van der Waals surface area contributed by atoms with Gasteiger partial charge in [-0.1, -0.05) is 20.8 Å². The molecular weight excluding hydrogens is 306 g/mol. The van der Waals surface area contributed by atoms with Crippen molar-refractivity contribution in [1.82, 2.24) is 9.97 Å². The predicted molar refractivity (Wildman–Crippen MR) is 80.3 cm³/mol. The average molecular weight is 324 g/mol. The molecule has 4 nitrogen and oxygen atoms in total. The Morgan fingerprint density at radius 3 is 2.58 bits per heavy atom. The molecular formula is C14H18BrN3O. The molecule has 0 radical (unpaired) electrons. The highest BCUT2D eigenvalue weighted by molar-refractivity contribution is 9.10. The molecule has 0 bridgehead atoms. The first-order chi connectivity index (χ1) is 8.93.